The number of nitrogens with one attached hydrogen (secondary N) is 1. The van der Waals surface area contributed by atoms with Crippen LogP contribution in [-0.4, -0.2) is 54.4 Å². The number of anilines is 2. The first kappa shape index (κ1) is 26.0. The summed E-state index contributed by atoms with van der Waals surface area (Å²) in [4.78, 5) is 36.5. The second kappa shape index (κ2) is 11.3. The number of carbonyl (C=O) groups excluding carboxylic acids is 2. The van der Waals surface area contributed by atoms with Crippen molar-refractivity contribution in [2.75, 3.05) is 42.5 Å². The molecule has 0 atom stereocenters. The lowest BCUT2D eigenvalue weighted by Crippen LogP contribution is -2.36. The van der Waals surface area contributed by atoms with E-state index < -0.39 is 23.4 Å². The van der Waals surface area contributed by atoms with Gasteiger partial charge < -0.3 is 19.5 Å². The lowest BCUT2D eigenvalue weighted by Gasteiger charge is -2.32. The van der Waals surface area contributed by atoms with Crippen molar-refractivity contribution < 1.29 is 27.2 Å². The molecule has 0 radical (unpaired) electrons. The molecule has 2 saturated heterocycles. The molecule has 1 amide bonds. The Morgan fingerprint density at radius 1 is 1.08 bits per heavy atom. The first-order chi connectivity index (χ1) is 17.2. The summed E-state index contributed by atoms with van der Waals surface area (Å²) in [5.41, 5.74) is -0.771. The summed E-state index contributed by atoms with van der Waals surface area (Å²) in [7, 11) is 0. The van der Waals surface area contributed by atoms with Crippen LogP contribution in [-0.2, 0) is 17.4 Å². The number of rotatable bonds is 8. The summed E-state index contributed by atoms with van der Waals surface area (Å²) >= 11 is 0. The maximum Gasteiger partial charge on any atom is 0.437 e. The minimum atomic E-state index is -4.78. The van der Waals surface area contributed by atoms with Gasteiger partial charge in [-0.2, -0.15) is 18.2 Å². The number of nitrogens with zero attached hydrogens (tertiary/aromatic N) is 4. The van der Waals surface area contributed by atoms with E-state index in [0.29, 0.717) is 37.5 Å². The van der Waals surface area contributed by atoms with Gasteiger partial charge in [-0.3, -0.25) is 9.59 Å². The maximum atomic E-state index is 13.6. The van der Waals surface area contributed by atoms with E-state index in [4.69, 9.17) is 4.42 Å². The molecule has 2 aliphatic heterocycles. The summed E-state index contributed by atoms with van der Waals surface area (Å²) in [5.74, 6) is -0.373. The molecule has 0 bridgehead atoms. The van der Waals surface area contributed by atoms with Crippen molar-refractivity contribution in [1.29, 1.82) is 0 Å². The van der Waals surface area contributed by atoms with E-state index in [-0.39, 0.29) is 18.3 Å². The number of ketones is 1. The van der Waals surface area contributed by atoms with Crippen molar-refractivity contribution >= 4 is 23.5 Å². The van der Waals surface area contributed by atoms with E-state index in [0.717, 1.165) is 51.0 Å². The fourth-order valence-electron chi connectivity index (χ4n) is 4.78. The van der Waals surface area contributed by atoms with Crippen molar-refractivity contribution in [1.82, 2.24) is 15.3 Å². The molecule has 0 unspecified atom stereocenters. The zero-order valence-corrected chi connectivity index (χ0v) is 20.4. The number of oxazole rings is 1. The molecule has 4 rings (SSSR count). The van der Waals surface area contributed by atoms with Crippen molar-refractivity contribution in [3.63, 3.8) is 0 Å². The number of piperidine rings is 2. The Balaban J connectivity index is 1.38. The Labute approximate surface area is 208 Å². The topological polar surface area (TPSA) is 91.6 Å². The van der Waals surface area contributed by atoms with Gasteiger partial charge in [-0.25, -0.2) is 4.98 Å². The van der Waals surface area contributed by atoms with E-state index in [1.807, 2.05) is 6.92 Å². The number of carbonyl (C=O) groups is 2. The van der Waals surface area contributed by atoms with E-state index >= 15 is 0 Å². The predicted octanol–water partition coefficient (Wildman–Crippen LogP) is 4.25. The lowest BCUT2D eigenvalue weighted by molar-refractivity contribution is -0.141. The number of halogens is 3. The van der Waals surface area contributed by atoms with E-state index in [2.05, 4.69) is 20.2 Å². The SMILES string of the molecule is CCNC(=O)CC1CCN(c2ccc(CC(=O)c3oc(N4CCCCC4)nc3C(F)(F)F)cn2)CC1. The molecule has 2 fully saturated rings. The highest BCUT2D eigenvalue weighted by atomic mass is 19.4. The molecular formula is C25H32F3N5O3. The van der Waals surface area contributed by atoms with Crippen molar-refractivity contribution in [3.8, 4) is 0 Å². The zero-order valence-electron chi connectivity index (χ0n) is 20.4. The number of aromatic nitrogens is 2. The average molecular weight is 508 g/mol. The quantitative estimate of drug-likeness (QED) is 0.534. The number of hydrogen-bond acceptors (Lipinski definition) is 7. The number of hydrogen-bond donors (Lipinski definition) is 1. The van der Waals surface area contributed by atoms with Gasteiger partial charge in [0.05, 0.1) is 0 Å². The average Bonchev–Trinajstić information content (AvgIpc) is 3.33. The molecule has 196 valence electrons. The molecule has 0 spiro atoms. The maximum absolute atomic E-state index is 13.6. The van der Waals surface area contributed by atoms with Crippen LogP contribution in [0.25, 0.3) is 0 Å². The van der Waals surface area contributed by atoms with E-state index in [9.17, 15) is 22.8 Å². The van der Waals surface area contributed by atoms with Gasteiger partial charge >= 0.3 is 6.18 Å². The lowest BCUT2D eigenvalue weighted by atomic mass is 9.93. The summed E-state index contributed by atoms with van der Waals surface area (Å²) in [6, 6.07) is 3.34. The summed E-state index contributed by atoms with van der Waals surface area (Å²) in [5, 5.41) is 2.83. The van der Waals surface area contributed by atoms with Crippen molar-refractivity contribution in [2.45, 2.75) is 58.0 Å². The van der Waals surface area contributed by atoms with Gasteiger partial charge in [0, 0.05) is 51.8 Å². The Morgan fingerprint density at radius 3 is 2.42 bits per heavy atom. The minimum absolute atomic E-state index is 0.0755. The zero-order chi connectivity index (χ0) is 25.7. The van der Waals surface area contributed by atoms with Crippen LogP contribution >= 0.6 is 0 Å². The minimum Gasteiger partial charge on any atom is -0.420 e. The third-order valence-electron chi connectivity index (χ3n) is 6.72. The highest BCUT2D eigenvalue weighted by Crippen LogP contribution is 2.35. The van der Waals surface area contributed by atoms with Crippen LogP contribution < -0.4 is 15.1 Å². The van der Waals surface area contributed by atoms with Gasteiger partial charge in [-0.05, 0) is 56.6 Å². The van der Waals surface area contributed by atoms with Gasteiger partial charge in [0.2, 0.25) is 17.5 Å². The largest absolute Gasteiger partial charge is 0.437 e. The number of Topliss-reactive ketones (excluding diaryl/α,β-unsaturated/α-hetero) is 1. The van der Waals surface area contributed by atoms with Gasteiger partial charge in [0.25, 0.3) is 6.01 Å². The Bertz CT molecular complexity index is 1040. The molecule has 36 heavy (non-hydrogen) atoms. The first-order valence-electron chi connectivity index (χ1n) is 12.6. The summed E-state index contributed by atoms with van der Waals surface area (Å²) < 4.78 is 46.1. The standard InChI is InChI=1S/C25H32F3N5O3/c1-2-29-21(35)15-17-8-12-32(13-9-17)20-7-6-18(16-30-20)14-19(34)22-23(25(26,27)28)31-24(36-22)33-10-4-3-5-11-33/h6-7,16-17H,2-5,8-15H2,1H3,(H,29,35). The third kappa shape index (κ3) is 6.36. The van der Waals surface area contributed by atoms with Gasteiger partial charge in [-0.1, -0.05) is 6.07 Å². The van der Waals surface area contributed by atoms with Gasteiger partial charge in [0.15, 0.2) is 5.69 Å². The second-order valence-corrected chi connectivity index (χ2v) is 9.43. The molecule has 2 aromatic heterocycles. The summed E-state index contributed by atoms with van der Waals surface area (Å²) in [6.07, 6.45) is 1.45. The monoisotopic (exact) mass is 507 g/mol. The van der Waals surface area contributed by atoms with Crippen LogP contribution in [0.15, 0.2) is 22.7 Å². The van der Waals surface area contributed by atoms with Crippen molar-refractivity contribution in [3.05, 3.63) is 35.3 Å². The third-order valence-corrected chi connectivity index (χ3v) is 6.72. The molecule has 2 aromatic rings. The highest BCUT2D eigenvalue weighted by Gasteiger charge is 2.41. The fourth-order valence-corrected chi connectivity index (χ4v) is 4.78. The molecule has 1 N–H and O–H groups in total. The van der Waals surface area contributed by atoms with Crippen LogP contribution in [0.4, 0.5) is 25.0 Å². The highest BCUT2D eigenvalue weighted by molar-refractivity contribution is 5.96. The molecule has 11 heteroatoms. The molecule has 4 heterocycles. The van der Waals surface area contributed by atoms with Crippen molar-refractivity contribution in [2.24, 2.45) is 5.92 Å². The molecular weight excluding hydrogens is 475 g/mol. The fraction of sp³-hybridized carbons (Fsp3) is 0.600. The molecule has 0 aliphatic carbocycles. The van der Waals surface area contributed by atoms with Crippen LogP contribution in [0, 0.1) is 5.92 Å². The number of pyridine rings is 1. The van der Waals surface area contributed by atoms with Crippen LogP contribution in [0.3, 0.4) is 0 Å². The normalized spacial score (nSPS) is 17.3. The van der Waals surface area contributed by atoms with E-state index in [1.54, 1.807) is 17.0 Å². The predicted molar refractivity (Wildman–Crippen MR) is 128 cm³/mol. The number of amides is 1. The van der Waals surface area contributed by atoms with Gasteiger partial charge in [-0.15, -0.1) is 0 Å². The summed E-state index contributed by atoms with van der Waals surface area (Å²) in [6.45, 7) is 5.17. The second-order valence-electron chi connectivity index (χ2n) is 9.43. The Hall–Kier alpha value is -3.11. The van der Waals surface area contributed by atoms with Crippen LogP contribution in [0.5, 0.6) is 0 Å². The molecule has 8 nitrogen and oxygen atoms in total. The first-order valence-corrected chi connectivity index (χ1v) is 12.6. The van der Waals surface area contributed by atoms with Crippen LogP contribution in [0.1, 0.15) is 67.3 Å². The van der Waals surface area contributed by atoms with Crippen LogP contribution in [0.2, 0.25) is 0 Å². The molecule has 2 aliphatic rings. The van der Waals surface area contributed by atoms with E-state index in [1.165, 1.54) is 6.20 Å². The molecule has 0 aromatic carbocycles. The van der Waals surface area contributed by atoms with Gasteiger partial charge in [0.1, 0.15) is 5.82 Å². The Kier molecular flexibility index (Phi) is 8.15. The Morgan fingerprint density at radius 2 is 1.81 bits per heavy atom. The number of alkyl halides is 3. The molecule has 0 saturated carbocycles. The smallest absolute Gasteiger partial charge is 0.420 e.